The monoisotopic (exact) mass is 170 g/mol. The van der Waals surface area contributed by atoms with Gasteiger partial charge in [0.05, 0.1) is 6.10 Å². The van der Waals surface area contributed by atoms with Crippen molar-refractivity contribution in [1.82, 2.24) is 0 Å². The van der Waals surface area contributed by atoms with Crippen molar-refractivity contribution >= 4 is 5.97 Å². The fourth-order valence-electron chi connectivity index (χ4n) is 1.38. The van der Waals surface area contributed by atoms with Crippen LogP contribution in [-0.2, 0) is 14.3 Å². The fourth-order valence-corrected chi connectivity index (χ4v) is 1.38. The van der Waals surface area contributed by atoms with Gasteiger partial charge in [0.1, 0.15) is 6.10 Å². The van der Waals surface area contributed by atoms with E-state index in [4.69, 9.17) is 9.47 Å². The van der Waals surface area contributed by atoms with Gasteiger partial charge in [0.15, 0.2) is 6.10 Å². The van der Waals surface area contributed by atoms with Crippen molar-refractivity contribution in [3.8, 4) is 0 Å². The Bertz CT molecular complexity index is 186. The molecule has 2 unspecified atom stereocenters. The van der Waals surface area contributed by atoms with Crippen LogP contribution in [0.25, 0.3) is 0 Å². The summed E-state index contributed by atoms with van der Waals surface area (Å²) in [7, 11) is 0. The van der Waals surface area contributed by atoms with Gasteiger partial charge in [-0.2, -0.15) is 0 Å². The largest absolute Gasteiger partial charge is 0.460 e. The molecule has 3 heteroatoms. The lowest BCUT2D eigenvalue weighted by atomic mass is 9.96. The molecule has 2 aliphatic rings. The van der Waals surface area contributed by atoms with Gasteiger partial charge in [0.25, 0.3) is 0 Å². The van der Waals surface area contributed by atoms with Gasteiger partial charge in [-0.15, -0.1) is 0 Å². The minimum atomic E-state index is -0.240. The summed E-state index contributed by atoms with van der Waals surface area (Å²) in [5, 5.41) is 0. The number of epoxide rings is 1. The first-order chi connectivity index (χ1) is 5.81. The van der Waals surface area contributed by atoms with Crippen LogP contribution in [0.2, 0.25) is 0 Å². The van der Waals surface area contributed by atoms with E-state index in [0.717, 1.165) is 19.3 Å². The lowest BCUT2D eigenvalue weighted by Crippen LogP contribution is -2.27. The second-order valence-electron chi connectivity index (χ2n) is 3.49. The van der Waals surface area contributed by atoms with Crippen LogP contribution in [-0.4, -0.2) is 24.3 Å². The van der Waals surface area contributed by atoms with Gasteiger partial charge in [0, 0.05) is 0 Å². The number of hydrogen-bond acceptors (Lipinski definition) is 3. The van der Waals surface area contributed by atoms with Crippen LogP contribution in [0, 0.1) is 0 Å². The Hall–Kier alpha value is -0.570. The molecule has 0 radical (unpaired) electrons. The SMILES string of the molecule is CCC1OC1C(=O)OC1CCC1. The van der Waals surface area contributed by atoms with Crippen molar-refractivity contribution in [3.05, 3.63) is 0 Å². The molecule has 3 nitrogen and oxygen atoms in total. The number of esters is 1. The highest BCUT2D eigenvalue weighted by molar-refractivity contribution is 5.78. The Labute approximate surface area is 72.0 Å². The fraction of sp³-hybridized carbons (Fsp3) is 0.889. The van der Waals surface area contributed by atoms with E-state index < -0.39 is 0 Å². The topological polar surface area (TPSA) is 38.8 Å². The Kier molecular flexibility index (Phi) is 2.05. The van der Waals surface area contributed by atoms with Crippen molar-refractivity contribution in [2.75, 3.05) is 0 Å². The average Bonchev–Trinajstić information content (AvgIpc) is 2.74. The average molecular weight is 170 g/mol. The van der Waals surface area contributed by atoms with Crippen LogP contribution in [0.15, 0.2) is 0 Å². The van der Waals surface area contributed by atoms with E-state index in [1.54, 1.807) is 0 Å². The molecule has 68 valence electrons. The molecule has 0 spiro atoms. The standard InChI is InChI=1S/C9H14O3/c1-2-7-8(12-7)9(10)11-6-4-3-5-6/h6-8H,2-5H2,1H3. The van der Waals surface area contributed by atoms with Gasteiger partial charge in [-0.1, -0.05) is 6.92 Å². The van der Waals surface area contributed by atoms with Crippen LogP contribution in [0.5, 0.6) is 0 Å². The van der Waals surface area contributed by atoms with Crippen molar-refractivity contribution in [3.63, 3.8) is 0 Å². The molecular weight excluding hydrogens is 156 g/mol. The third-order valence-electron chi connectivity index (χ3n) is 2.55. The zero-order chi connectivity index (χ0) is 8.55. The van der Waals surface area contributed by atoms with Gasteiger partial charge in [-0.3, -0.25) is 0 Å². The second-order valence-corrected chi connectivity index (χ2v) is 3.49. The molecule has 1 aliphatic carbocycles. The van der Waals surface area contributed by atoms with Crippen molar-refractivity contribution in [2.24, 2.45) is 0 Å². The van der Waals surface area contributed by atoms with Crippen LogP contribution < -0.4 is 0 Å². The minimum absolute atomic E-state index is 0.137. The zero-order valence-electron chi connectivity index (χ0n) is 7.29. The summed E-state index contributed by atoms with van der Waals surface area (Å²) in [5.74, 6) is -0.147. The Morgan fingerprint density at radius 1 is 1.58 bits per heavy atom. The predicted octanol–water partition coefficient (Wildman–Crippen LogP) is 1.26. The van der Waals surface area contributed by atoms with Gasteiger partial charge < -0.3 is 9.47 Å². The molecule has 0 amide bonds. The van der Waals surface area contributed by atoms with Gasteiger partial charge >= 0.3 is 5.97 Å². The Morgan fingerprint density at radius 3 is 2.75 bits per heavy atom. The highest BCUT2D eigenvalue weighted by atomic mass is 16.6. The highest BCUT2D eigenvalue weighted by Gasteiger charge is 2.45. The normalized spacial score (nSPS) is 34.1. The summed E-state index contributed by atoms with van der Waals surface area (Å²) < 4.78 is 10.3. The van der Waals surface area contributed by atoms with E-state index in [2.05, 4.69) is 0 Å². The molecule has 0 N–H and O–H groups in total. The molecule has 1 saturated heterocycles. The van der Waals surface area contributed by atoms with Gasteiger partial charge in [-0.05, 0) is 25.7 Å². The molecule has 1 saturated carbocycles. The first-order valence-corrected chi connectivity index (χ1v) is 4.67. The quantitative estimate of drug-likeness (QED) is 0.472. The maximum atomic E-state index is 11.2. The summed E-state index contributed by atoms with van der Waals surface area (Å²) in [4.78, 5) is 11.2. The summed E-state index contributed by atoms with van der Waals surface area (Å²) >= 11 is 0. The van der Waals surface area contributed by atoms with Crippen LogP contribution in [0.3, 0.4) is 0 Å². The molecule has 2 fully saturated rings. The molecule has 12 heavy (non-hydrogen) atoms. The first-order valence-electron chi connectivity index (χ1n) is 4.67. The molecule has 0 bridgehead atoms. The number of carbonyl (C=O) groups is 1. The molecular formula is C9H14O3. The summed E-state index contributed by atoms with van der Waals surface area (Å²) in [6.45, 7) is 2.02. The van der Waals surface area contributed by atoms with Crippen molar-refractivity contribution in [1.29, 1.82) is 0 Å². The van der Waals surface area contributed by atoms with Crippen molar-refractivity contribution in [2.45, 2.75) is 50.9 Å². The number of ether oxygens (including phenoxy) is 2. The minimum Gasteiger partial charge on any atom is -0.460 e. The molecule has 0 aromatic carbocycles. The Morgan fingerprint density at radius 2 is 2.33 bits per heavy atom. The van der Waals surface area contributed by atoms with E-state index in [-0.39, 0.29) is 24.3 Å². The smallest absolute Gasteiger partial charge is 0.338 e. The van der Waals surface area contributed by atoms with Crippen LogP contribution in [0.1, 0.15) is 32.6 Å². The zero-order valence-corrected chi connectivity index (χ0v) is 7.29. The van der Waals surface area contributed by atoms with Gasteiger partial charge in [0.2, 0.25) is 0 Å². The second kappa shape index (κ2) is 3.05. The predicted molar refractivity (Wildman–Crippen MR) is 42.7 cm³/mol. The maximum absolute atomic E-state index is 11.2. The maximum Gasteiger partial charge on any atom is 0.338 e. The van der Waals surface area contributed by atoms with Crippen molar-refractivity contribution < 1.29 is 14.3 Å². The lowest BCUT2D eigenvalue weighted by Gasteiger charge is -2.24. The highest BCUT2D eigenvalue weighted by Crippen LogP contribution is 2.29. The summed E-state index contributed by atoms with van der Waals surface area (Å²) in [5.41, 5.74) is 0. The molecule has 2 atom stereocenters. The summed E-state index contributed by atoms with van der Waals surface area (Å²) in [6.07, 6.45) is 4.27. The third kappa shape index (κ3) is 1.46. The third-order valence-corrected chi connectivity index (χ3v) is 2.55. The van der Waals surface area contributed by atoms with E-state index in [1.165, 1.54) is 6.42 Å². The molecule has 1 heterocycles. The van der Waals surface area contributed by atoms with E-state index in [0.29, 0.717) is 0 Å². The Balaban J connectivity index is 1.71. The van der Waals surface area contributed by atoms with E-state index in [1.807, 2.05) is 6.92 Å². The number of hydrogen-bond donors (Lipinski definition) is 0. The van der Waals surface area contributed by atoms with E-state index in [9.17, 15) is 4.79 Å². The van der Waals surface area contributed by atoms with E-state index >= 15 is 0 Å². The summed E-state index contributed by atoms with van der Waals surface area (Å²) in [6, 6.07) is 0. The molecule has 0 aromatic heterocycles. The van der Waals surface area contributed by atoms with Crippen LogP contribution >= 0.6 is 0 Å². The lowest BCUT2D eigenvalue weighted by molar-refractivity contribution is -0.154. The molecule has 0 aromatic rings. The van der Waals surface area contributed by atoms with Gasteiger partial charge in [-0.25, -0.2) is 4.79 Å². The number of rotatable bonds is 3. The van der Waals surface area contributed by atoms with Crippen LogP contribution in [0.4, 0.5) is 0 Å². The number of carbonyl (C=O) groups excluding carboxylic acids is 1. The molecule has 1 aliphatic heterocycles. The first kappa shape index (κ1) is 8.05. The molecule has 2 rings (SSSR count).